The molecule has 19 heavy (non-hydrogen) atoms. The fraction of sp³-hybridized carbons (Fsp3) is 0.533. The van der Waals surface area contributed by atoms with Crippen LogP contribution in [0.3, 0.4) is 0 Å². The molecule has 1 aromatic rings. The van der Waals surface area contributed by atoms with E-state index < -0.39 is 0 Å². The molecule has 0 aliphatic carbocycles. The third-order valence-corrected chi connectivity index (χ3v) is 2.81. The zero-order valence-electron chi connectivity index (χ0n) is 12.0. The maximum atomic E-state index is 11.7. The molecule has 106 valence electrons. The van der Waals surface area contributed by atoms with Gasteiger partial charge in [0.25, 0.3) is 0 Å². The van der Waals surface area contributed by atoms with Crippen molar-refractivity contribution in [3.05, 3.63) is 29.8 Å². The van der Waals surface area contributed by atoms with Gasteiger partial charge in [0.1, 0.15) is 5.75 Å². The molecule has 0 fully saturated rings. The van der Waals surface area contributed by atoms with Crippen molar-refractivity contribution in [3.63, 3.8) is 0 Å². The molecule has 0 aliphatic rings. The van der Waals surface area contributed by atoms with Gasteiger partial charge in [-0.05, 0) is 26.3 Å². The summed E-state index contributed by atoms with van der Waals surface area (Å²) in [6, 6.07) is 7.67. The summed E-state index contributed by atoms with van der Waals surface area (Å²) >= 11 is 0. The number of ether oxygens (including phenoxy) is 1. The molecule has 0 aliphatic heterocycles. The summed E-state index contributed by atoms with van der Waals surface area (Å²) in [5, 5.41) is 6.09. The average Bonchev–Trinajstić information content (AvgIpc) is 2.43. The highest BCUT2D eigenvalue weighted by Gasteiger charge is 2.12. The molecule has 0 saturated carbocycles. The molecule has 1 atom stereocenters. The van der Waals surface area contributed by atoms with Gasteiger partial charge < -0.3 is 15.4 Å². The summed E-state index contributed by atoms with van der Waals surface area (Å²) < 4.78 is 5.55. The summed E-state index contributed by atoms with van der Waals surface area (Å²) in [7, 11) is 0. The first-order chi connectivity index (χ1) is 9.19. The fourth-order valence-corrected chi connectivity index (χ4v) is 1.70. The van der Waals surface area contributed by atoms with Crippen LogP contribution in [0.1, 0.15) is 32.8 Å². The van der Waals surface area contributed by atoms with Gasteiger partial charge in [-0.25, -0.2) is 0 Å². The number of benzene rings is 1. The Balaban J connectivity index is 2.49. The molecule has 1 aromatic carbocycles. The van der Waals surface area contributed by atoms with Crippen LogP contribution in [0.4, 0.5) is 0 Å². The summed E-state index contributed by atoms with van der Waals surface area (Å²) in [4.78, 5) is 11.7. The number of carbonyl (C=O) groups excluding carboxylic acids is 1. The molecule has 0 radical (unpaired) electrons. The lowest BCUT2D eigenvalue weighted by molar-refractivity contribution is -0.122. The van der Waals surface area contributed by atoms with Crippen molar-refractivity contribution < 1.29 is 9.53 Å². The topological polar surface area (TPSA) is 50.4 Å². The van der Waals surface area contributed by atoms with E-state index in [1.165, 1.54) is 0 Å². The molecular weight excluding hydrogens is 240 g/mol. The molecule has 0 aromatic heterocycles. The third kappa shape index (κ3) is 5.30. The van der Waals surface area contributed by atoms with Crippen molar-refractivity contribution in [2.75, 3.05) is 13.2 Å². The second kappa shape index (κ2) is 8.53. The number of hydrogen-bond donors (Lipinski definition) is 2. The summed E-state index contributed by atoms with van der Waals surface area (Å²) in [5.41, 5.74) is 1.07. The van der Waals surface area contributed by atoms with E-state index in [2.05, 4.69) is 10.6 Å². The Labute approximate surface area is 115 Å². The van der Waals surface area contributed by atoms with Crippen molar-refractivity contribution in [1.29, 1.82) is 0 Å². The number of carbonyl (C=O) groups is 1. The Morgan fingerprint density at radius 1 is 1.32 bits per heavy atom. The van der Waals surface area contributed by atoms with E-state index in [9.17, 15) is 4.79 Å². The SMILES string of the molecule is CCCNC(=O)C(C)NCc1ccccc1OCC. The van der Waals surface area contributed by atoms with E-state index in [1.54, 1.807) is 0 Å². The van der Waals surface area contributed by atoms with E-state index >= 15 is 0 Å². The van der Waals surface area contributed by atoms with E-state index in [1.807, 2.05) is 45.0 Å². The standard InChI is InChI=1S/C15H24N2O2/c1-4-10-16-15(18)12(3)17-11-13-8-6-7-9-14(13)19-5-2/h6-9,12,17H,4-5,10-11H2,1-3H3,(H,16,18). The molecule has 2 N–H and O–H groups in total. The summed E-state index contributed by atoms with van der Waals surface area (Å²) in [5.74, 6) is 0.911. The maximum absolute atomic E-state index is 11.7. The lowest BCUT2D eigenvalue weighted by Crippen LogP contribution is -2.42. The normalized spacial score (nSPS) is 11.9. The molecule has 1 amide bonds. The van der Waals surface area contributed by atoms with Crippen LogP contribution < -0.4 is 15.4 Å². The smallest absolute Gasteiger partial charge is 0.236 e. The van der Waals surface area contributed by atoms with Crippen molar-refractivity contribution in [2.24, 2.45) is 0 Å². The minimum Gasteiger partial charge on any atom is -0.494 e. The van der Waals surface area contributed by atoms with Gasteiger partial charge >= 0.3 is 0 Å². The first-order valence-electron chi connectivity index (χ1n) is 6.90. The number of nitrogens with one attached hydrogen (secondary N) is 2. The van der Waals surface area contributed by atoms with Gasteiger partial charge in [0.15, 0.2) is 0 Å². The number of para-hydroxylation sites is 1. The quantitative estimate of drug-likeness (QED) is 0.756. The van der Waals surface area contributed by atoms with Gasteiger partial charge in [-0.3, -0.25) is 4.79 Å². The van der Waals surface area contributed by atoms with Crippen LogP contribution in [-0.2, 0) is 11.3 Å². The van der Waals surface area contributed by atoms with Crippen LogP contribution >= 0.6 is 0 Å². The minimum atomic E-state index is -0.207. The predicted molar refractivity (Wildman–Crippen MR) is 77.2 cm³/mol. The van der Waals surface area contributed by atoms with E-state index in [4.69, 9.17) is 4.74 Å². The van der Waals surface area contributed by atoms with Gasteiger partial charge in [0.2, 0.25) is 5.91 Å². The Hall–Kier alpha value is -1.55. The molecular formula is C15H24N2O2. The Bertz CT molecular complexity index is 393. The van der Waals surface area contributed by atoms with Gasteiger partial charge in [-0.2, -0.15) is 0 Å². The fourth-order valence-electron chi connectivity index (χ4n) is 1.70. The lowest BCUT2D eigenvalue weighted by atomic mass is 10.2. The van der Waals surface area contributed by atoms with Crippen molar-refractivity contribution >= 4 is 5.91 Å². The number of rotatable bonds is 8. The van der Waals surface area contributed by atoms with Crippen molar-refractivity contribution in [3.8, 4) is 5.75 Å². The van der Waals surface area contributed by atoms with E-state index in [0.717, 1.165) is 24.3 Å². The average molecular weight is 264 g/mol. The second-order valence-corrected chi connectivity index (χ2v) is 4.43. The molecule has 0 saturated heterocycles. The van der Waals surface area contributed by atoms with Crippen LogP contribution in [0.5, 0.6) is 5.75 Å². The first-order valence-corrected chi connectivity index (χ1v) is 6.90. The zero-order chi connectivity index (χ0) is 14.1. The van der Waals surface area contributed by atoms with Crippen LogP contribution in [0.2, 0.25) is 0 Å². The second-order valence-electron chi connectivity index (χ2n) is 4.43. The van der Waals surface area contributed by atoms with Crippen LogP contribution in [0.25, 0.3) is 0 Å². The predicted octanol–water partition coefficient (Wildman–Crippen LogP) is 2.09. The van der Waals surface area contributed by atoms with Crippen molar-refractivity contribution in [1.82, 2.24) is 10.6 Å². The highest BCUT2D eigenvalue weighted by molar-refractivity contribution is 5.81. The third-order valence-electron chi connectivity index (χ3n) is 2.81. The highest BCUT2D eigenvalue weighted by Crippen LogP contribution is 2.17. The number of hydrogen-bond acceptors (Lipinski definition) is 3. The lowest BCUT2D eigenvalue weighted by Gasteiger charge is -2.15. The van der Waals surface area contributed by atoms with E-state index in [0.29, 0.717) is 13.2 Å². The molecule has 4 heteroatoms. The molecule has 0 heterocycles. The Morgan fingerprint density at radius 2 is 2.05 bits per heavy atom. The molecule has 1 unspecified atom stereocenters. The summed E-state index contributed by atoms with van der Waals surface area (Å²) in [6.45, 7) is 7.86. The molecule has 1 rings (SSSR count). The van der Waals surface area contributed by atoms with Gasteiger partial charge in [0, 0.05) is 18.7 Å². The zero-order valence-corrected chi connectivity index (χ0v) is 12.0. The van der Waals surface area contributed by atoms with Gasteiger partial charge in [-0.1, -0.05) is 25.1 Å². The largest absolute Gasteiger partial charge is 0.494 e. The van der Waals surface area contributed by atoms with E-state index in [-0.39, 0.29) is 11.9 Å². The Kier molecular flexibility index (Phi) is 6.97. The molecule has 4 nitrogen and oxygen atoms in total. The van der Waals surface area contributed by atoms with Crippen LogP contribution in [0.15, 0.2) is 24.3 Å². The minimum absolute atomic E-state index is 0.0377. The van der Waals surface area contributed by atoms with Crippen molar-refractivity contribution in [2.45, 2.75) is 39.8 Å². The van der Waals surface area contributed by atoms with Gasteiger partial charge in [-0.15, -0.1) is 0 Å². The molecule has 0 bridgehead atoms. The number of amides is 1. The summed E-state index contributed by atoms with van der Waals surface area (Å²) in [6.07, 6.45) is 0.950. The maximum Gasteiger partial charge on any atom is 0.236 e. The Morgan fingerprint density at radius 3 is 2.74 bits per heavy atom. The highest BCUT2D eigenvalue weighted by atomic mass is 16.5. The first kappa shape index (κ1) is 15.5. The molecule has 0 spiro atoms. The monoisotopic (exact) mass is 264 g/mol. The van der Waals surface area contributed by atoms with Gasteiger partial charge in [0.05, 0.1) is 12.6 Å². The van der Waals surface area contributed by atoms with Crippen LogP contribution in [0, 0.1) is 0 Å². The van der Waals surface area contributed by atoms with Crippen LogP contribution in [-0.4, -0.2) is 25.1 Å².